The number of phenolic OH excluding ortho intramolecular Hbond substituents is 2. The Bertz CT molecular complexity index is 276. The third-order valence-corrected chi connectivity index (χ3v) is 2.42. The molecule has 1 rings (SSSR count). The van der Waals surface area contributed by atoms with Crippen LogP contribution in [0.3, 0.4) is 0 Å². The molecular formula is C14H24O4. The largest absolute Gasteiger partial charge is 0.508 e. The number of aliphatic hydroxyl groups excluding tert-OH is 2. The van der Waals surface area contributed by atoms with Crippen LogP contribution < -0.4 is 0 Å². The van der Waals surface area contributed by atoms with Crippen molar-refractivity contribution in [2.45, 2.75) is 45.1 Å². The zero-order chi connectivity index (χ0) is 13.8. The average Bonchev–Trinajstić information content (AvgIpc) is 2.34. The molecule has 1 aromatic rings. The summed E-state index contributed by atoms with van der Waals surface area (Å²) in [6.45, 7) is 2.31. The SMILES string of the molecule is CCCCC(O)CCCO.Oc1cccc(O)c1. The number of aromatic hydroxyl groups is 2. The zero-order valence-corrected chi connectivity index (χ0v) is 10.9. The lowest BCUT2D eigenvalue weighted by Gasteiger charge is -2.07. The van der Waals surface area contributed by atoms with Crippen molar-refractivity contribution in [3.8, 4) is 11.5 Å². The number of phenols is 2. The molecule has 0 aliphatic rings. The molecule has 0 spiro atoms. The fourth-order valence-corrected chi connectivity index (χ4v) is 1.40. The van der Waals surface area contributed by atoms with Gasteiger partial charge in [-0.05, 0) is 31.4 Å². The van der Waals surface area contributed by atoms with Crippen LogP contribution in [0.5, 0.6) is 11.5 Å². The Morgan fingerprint density at radius 3 is 2.00 bits per heavy atom. The molecule has 0 radical (unpaired) electrons. The van der Waals surface area contributed by atoms with Crippen LogP contribution in [0, 0.1) is 0 Å². The van der Waals surface area contributed by atoms with Gasteiger partial charge >= 0.3 is 0 Å². The number of unbranched alkanes of at least 4 members (excludes halogenated alkanes) is 1. The predicted octanol–water partition coefficient (Wildman–Crippen LogP) is 2.41. The minimum Gasteiger partial charge on any atom is -0.508 e. The normalized spacial score (nSPS) is 11.5. The van der Waals surface area contributed by atoms with E-state index in [1.165, 1.54) is 18.2 Å². The molecule has 4 heteroatoms. The Hall–Kier alpha value is -1.26. The van der Waals surface area contributed by atoms with Crippen LogP contribution in [0.1, 0.15) is 39.0 Å². The monoisotopic (exact) mass is 256 g/mol. The van der Waals surface area contributed by atoms with E-state index in [9.17, 15) is 5.11 Å². The lowest BCUT2D eigenvalue weighted by molar-refractivity contribution is 0.138. The van der Waals surface area contributed by atoms with Crippen molar-refractivity contribution in [1.29, 1.82) is 0 Å². The first-order chi connectivity index (χ1) is 8.60. The first-order valence-corrected chi connectivity index (χ1v) is 6.37. The molecule has 0 bridgehead atoms. The molecular weight excluding hydrogens is 232 g/mol. The Kier molecular flexibility index (Phi) is 10.1. The molecule has 0 amide bonds. The summed E-state index contributed by atoms with van der Waals surface area (Å²) in [5.41, 5.74) is 0. The van der Waals surface area contributed by atoms with Gasteiger partial charge in [0.05, 0.1) is 6.10 Å². The Morgan fingerprint density at radius 1 is 1.06 bits per heavy atom. The van der Waals surface area contributed by atoms with Gasteiger partial charge in [0, 0.05) is 12.7 Å². The van der Waals surface area contributed by atoms with E-state index in [4.69, 9.17) is 15.3 Å². The van der Waals surface area contributed by atoms with Gasteiger partial charge < -0.3 is 20.4 Å². The van der Waals surface area contributed by atoms with Crippen LogP contribution in [-0.4, -0.2) is 33.1 Å². The van der Waals surface area contributed by atoms with Gasteiger partial charge in [0.15, 0.2) is 0 Å². The molecule has 0 aliphatic carbocycles. The molecule has 1 unspecified atom stereocenters. The molecule has 104 valence electrons. The summed E-state index contributed by atoms with van der Waals surface area (Å²) in [5, 5.41) is 34.9. The Morgan fingerprint density at radius 2 is 1.61 bits per heavy atom. The summed E-state index contributed by atoms with van der Waals surface area (Å²) < 4.78 is 0. The van der Waals surface area contributed by atoms with E-state index in [0.717, 1.165) is 32.1 Å². The minimum atomic E-state index is -0.188. The first-order valence-electron chi connectivity index (χ1n) is 6.37. The molecule has 18 heavy (non-hydrogen) atoms. The summed E-state index contributed by atoms with van der Waals surface area (Å²) >= 11 is 0. The molecule has 4 nitrogen and oxygen atoms in total. The number of rotatable bonds is 6. The van der Waals surface area contributed by atoms with Gasteiger partial charge in [-0.2, -0.15) is 0 Å². The van der Waals surface area contributed by atoms with Crippen molar-refractivity contribution in [3.05, 3.63) is 24.3 Å². The van der Waals surface area contributed by atoms with Crippen molar-refractivity contribution in [3.63, 3.8) is 0 Å². The zero-order valence-electron chi connectivity index (χ0n) is 10.9. The van der Waals surface area contributed by atoms with E-state index in [0.29, 0.717) is 0 Å². The lowest BCUT2D eigenvalue weighted by Crippen LogP contribution is -2.06. The van der Waals surface area contributed by atoms with Crippen LogP contribution in [0.15, 0.2) is 24.3 Å². The summed E-state index contributed by atoms with van der Waals surface area (Å²) in [5.74, 6) is 0.176. The quantitative estimate of drug-likeness (QED) is 0.630. The van der Waals surface area contributed by atoms with Crippen molar-refractivity contribution in [2.24, 2.45) is 0 Å². The van der Waals surface area contributed by atoms with Gasteiger partial charge in [-0.15, -0.1) is 0 Å². The first kappa shape index (κ1) is 16.7. The van der Waals surface area contributed by atoms with E-state index in [2.05, 4.69) is 6.92 Å². The van der Waals surface area contributed by atoms with E-state index >= 15 is 0 Å². The molecule has 1 aromatic carbocycles. The maximum absolute atomic E-state index is 9.20. The highest BCUT2D eigenvalue weighted by molar-refractivity contribution is 5.30. The van der Waals surface area contributed by atoms with Gasteiger partial charge in [0.2, 0.25) is 0 Å². The van der Waals surface area contributed by atoms with E-state index in [-0.39, 0.29) is 24.2 Å². The van der Waals surface area contributed by atoms with Crippen LogP contribution in [0.4, 0.5) is 0 Å². The number of benzene rings is 1. The van der Waals surface area contributed by atoms with Crippen molar-refractivity contribution in [1.82, 2.24) is 0 Å². The van der Waals surface area contributed by atoms with Crippen LogP contribution in [0.25, 0.3) is 0 Å². The fourth-order valence-electron chi connectivity index (χ4n) is 1.40. The third kappa shape index (κ3) is 9.93. The molecule has 0 aliphatic heterocycles. The standard InChI is InChI=1S/C8H18O2.C6H6O2/c1-2-3-5-8(10)6-4-7-9;7-5-2-1-3-6(8)4-5/h8-10H,2-7H2,1H3;1-4,7-8H. The highest BCUT2D eigenvalue weighted by atomic mass is 16.3. The topological polar surface area (TPSA) is 80.9 Å². The van der Waals surface area contributed by atoms with Gasteiger partial charge in [0.1, 0.15) is 11.5 Å². The smallest absolute Gasteiger partial charge is 0.119 e. The second-order valence-corrected chi connectivity index (χ2v) is 4.18. The summed E-state index contributed by atoms with van der Waals surface area (Å²) in [7, 11) is 0. The van der Waals surface area contributed by atoms with E-state index in [1.54, 1.807) is 6.07 Å². The van der Waals surface area contributed by atoms with Gasteiger partial charge in [-0.1, -0.05) is 25.8 Å². The maximum atomic E-state index is 9.20. The lowest BCUT2D eigenvalue weighted by atomic mass is 10.1. The summed E-state index contributed by atoms with van der Waals surface area (Å²) in [4.78, 5) is 0. The molecule has 0 saturated heterocycles. The second kappa shape index (κ2) is 10.9. The Balaban J connectivity index is 0.000000327. The van der Waals surface area contributed by atoms with Crippen LogP contribution in [-0.2, 0) is 0 Å². The molecule has 0 fully saturated rings. The molecule has 0 heterocycles. The highest BCUT2D eigenvalue weighted by Gasteiger charge is 2.01. The number of aliphatic hydroxyl groups is 2. The van der Waals surface area contributed by atoms with Crippen molar-refractivity contribution >= 4 is 0 Å². The minimum absolute atomic E-state index is 0.0880. The molecule has 0 aromatic heterocycles. The van der Waals surface area contributed by atoms with Gasteiger partial charge in [0.25, 0.3) is 0 Å². The third-order valence-electron chi connectivity index (χ3n) is 2.42. The van der Waals surface area contributed by atoms with Crippen LogP contribution >= 0.6 is 0 Å². The fraction of sp³-hybridized carbons (Fsp3) is 0.571. The van der Waals surface area contributed by atoms with E-state index in [1.807, 2.05) is 0 Å². The van der Waals surface area contributed by atoms with Crippen molar-refractivity contribution < 1.29 is 20.4 Å². The molecule has 1 atom stereocenters. The van der Waals surface area contributed by atoms with Crippen LogP contribution in [0.2, 0.25) is 0 Å². The second-order valence-electron chi connectivity index (χ2n) is 4.18. The highest BCUT2D eigenvalue weighted by Crippen LogP contribution is 2.14. The average molecular weight is 256 g/mol. The van der Waals surface area contributed by atoms with Gasteiger partial charge in [-0.3, -0.25) is 0 Å². The Labute approximate surface area is 109 Å². The summed E-state index contributed by atoms with van der Waals surface area (Å²) in [6.07, 6.45) is 4.40. The summed E-state index contributed by atoms with van der Waals surface area (Å²) in [6, 6.07) is 5.85. The molecule has 0 saturated carbocycles. The van der Waals surface area contributed by atoms with Crippen molar-refractivity contribution in [2.75, 3.05) is 6.61 Å². The molecule has 4 N–H and O–H groups in total. The number of hydrogen-bond acceptors (Lipinski definition) is 4. The van der Waals surface area contributed by atoms with E-state index < -0.39 is 0 Å². The number of hydrogen-bond donors (Lipinski definition) is 4. The van der Waals surface area contributed by atoms with Gasteiger partial charge in [-0.25, -0.2) is 0 Å². The maximum Gasteiger partial charge on any atom is 0.119 e. The predicted molar refractivity (Wildman–Crippen MR) is 71.6 cm³/mol.